The van der Waals surface area contributed by atoms with Crippen LogP contribution in [0, 0.1) is 25.2 Å². The number of nitriles is 1. The third-order valence-electron chi connectivity index (χ3n) is 3.21. The first kappa shape index (κ1) is 16.0. The molecule has 2 atom stereocenters. The minimum Gasteiger partial charge on any atom is -0.297 e. The molecular weight excluding hydrogens is 260 g/mol. The Kier molecular flexibility index (Phi) is 5.00. The summed E-state index contributed by atoms with van der Waals surface area (Å²) in [6.07, 6.45) is 0.681. The van der Waals surface area contributed by atoms with Gasteiger partial charge < -0.3 is 0 Å². The maximum atomic E-state index is 9.39. The Morgan fingerprint density at radius 2 is 2.00 bits per heavy atom. The van der Waals surface area contributed by atoms with E-state index in [1.54, 1.807) is 0 Å². The Bertz CT molecular complexity index is 486. The molecule has 1 N–H and O–H groups in total. The molecule has 0 spiro atoms. The van der Waals surface area contributed by atoms with Gasteiger partial charge in [-0.15, -0.1) is 0 Å². The van der Waals surface area contributed by atoms with E-state index in [0.717, 1.165) is 11.4 Å². The van der Waals surface area contributed by atoms with Gasteiger partial charge in [-0.3, -0.25) is 10.00 Å². The fourth-order valence-corrected chi connectivity index (χ4v) is 2.65. The van der Waals surface area contributed by atoms with Crippen LogP contribution < -0.4 is 5.32 Å². The van der Waals surface area contributed by atoms with Gasteiger partial charge >= 0.3 is 0 Å². The van der Waals surface area contributed by atoms with Gasteiger partial charge in [0.1, 0.15) is 5.54 Å². The number of nitrogens with zero attached hydrogens (tertiary/aromatic N) is 3. The van der Waals surface area contributed by atoms with E-state index >= 15 is 0 Å². The van der Waals surface area contributed by atoms with Gasteiger partial charge in [0.25, 0.3) is 0 Å². The predicted octanol–water partition coefficient (Wildman–Crippen LogP) is 3.38. The van der Waals surface area contributed by atoms with Crippen LogP contribution in [0.1, 0.15) is 51.5 Å². The third kappa shape index (κ3) is 3.71. The van der Waals surface area contributed by atoms with Gasteiger partial charge in [-0.1, -0.05) is 11.6 Å². The van der Waals surface area contributed by atoms with Crippen LogP contribution in [0.3, 0.4) is 0 Å². The third-order valence-corrected chi connectivity index (χ3v) is 3.76. The van der Waals surface area contributed by atoms with Gasteiger partial charge in [-0.25, -0.2) is 0 Å². The number of aryl methyl sites for hydroxylation is 1. The molecule has 1 rings (SSSR count). The van der Waals surface area contributed by atoms with E-state index in [4.69, 9.17) is 11.6 Å². The zero-order valence-corrected chi connectivity index (χ0v) is 13.3. The van der Waals surface area contributed by atoms with E-state index in [1.165, 1.54) is 0 Å². The Hall–Kier alpha value is -1.05. The summed E-state index contributed by atoms with van der Waals surface area (Å²) in [6, 6.07) is 2.74. The Labute approximate surface area is 120 Å². The molecular formula is C14H23ClN4. The topological polar surface area (TPSA) is 53.6 Å². The molecule has 0 aromatic carbocycles. The minimum absolute atomic E-state index is 0.113. The highest BCUT2D eigenvalue weighted by molar-refractivity contribution is 6.31. The summed E-state index contributed by atoms with van der Waals surface area (Å²) in [5.41, 5.74) is 1.23. The van der Waals surface area contributed by atoms with Crippen LogP contribution in [0.15, 0.2) is 0 Å². The van der Waals surface area contributed by atoms with Crippen LogP contribution >= 0.6 is 11.6 Å². The Morgan fingerprint density at radius 1 is 1.42 bits per heavy atom. The molecule has 4 nitrogen and oxygen atoms in total. The smallest absolute Gasteiger partial charge is 0.106 e. The number of halogens is 1. The summed E-state index contributed by atoms with van der Waals surface area (Å²) in [4.78, 5) is 0. The molecule has 0 saturated heterocycles. The molecule has 19 heavy (non-hydrogen) atoms. The number of hydrogen-bond acceptors (Lipinski definition) is 3. The van der Waals surface area contributed by atoms with Crippen LogP contribution in [0.5, 0.6) is 0 Å². The minimum atomic E-state index is -0.563. The van der Waals surface area contributed by atoms with E-state index in [2.05, 4.69) is 23.4 Å². The number of nitrogens with one attached hydrogen (secondary N) is 1. The lowest BCUT2D eigenvalue weighted by Crippen LogP contribution is -2.46. The lowest BCUT2D eigenvalue weighted by atomic mass is 9.94. The molecule has 0 radical (unpaired) electrons. The van der Waals surface area contributed by atoms with Crippen LogP contribution in [-0.2, 0) is 0 Å². The van der Waals surface area contributed by atoms with Gasteiger partial charge in [0.15, 0.2) is 0 Å². The zero-order valence-electron chi connectivity index (χ0n) is 12.6. The maximum absolute atomic E-state index is 9.39. The second-order valence-electron chi connectivity index (χ2n) is 5.73. The molecule has 1 aromatic heterocycles. The highest BCUT2D eigenvalue weighted by Gasteiger charge is 2.28. The van der Waals surface area contributed by atoms with Crippen molar-refractivity contribution in [2.45, 2.75) is 65.6 Å². The van der Waals surface area contributed by atoms with Crippen molar-refractivity contribution in [1.82, 2.24) is 15.1 Å². The van der Waals surface area contributed by atoms with E-state index in [0.29, 0.717) is 11.4 Å². The van der Waals surface area contributed by atoms with Crippen molar-refractivity contribution in [1.29, 1.82) is 5.26 Å². The lowest BCUT2D eigenvalue weighted by molar-refractivity contribution is 0.312. The van der Waals surface area contributed by atoms with Gasteiger partial charge in [0.05, 0.1) is 28.5 Å². The van der Waals surface area contributed by atoms with Crippen molar-refractivity contribution in [2.75, 3.05) is 0 Å². The lowest BCUT2D eigenvalue weighted by Gasteiger charge is -2.29. The van der Waals surface area contributed by atoms with Crippen LogP contribution in [0.25, 0.3) is 0 Å². The van der Waals surface area contributed by atoms with Crippen LogP contribution in [-0.4, -0.2) is 21.4 Å². The fraction of sp³-hybridized carbons (Fsp3) is 0.714. The highest BCUT2D eigenvalue weighted by atomic mass is 35.5. The first-order chi connectivity index (χ1) is 8.70. The van der Waals surface area contributed by atoms with Crippen molar-refractivity contribution in [2.24, 2.45) is 0 Å². The summed E-state index contributed by atoms with van der Waals surface area (Å²) in [5.74, 6) is 0. The summed E-state index contributed by atoms with van der Waals surface area (Å²) in [5, 5.41) is 17.9. The second-order valence-corrected chi connectivity index (χ2v) is 6.10. The SMILES string of the molecule is Cc1nn(C(C)CC(C)(C#N)NC(C)C)c(C)c1Cl. The predicted molar refractivity (Wildman–Crippen MR) is 78.3 cm³/mol. The highest BCUT2D eigenvalue weighted by Crippen LogP contribution is 2.26. The normalized spacial score (nSPS) is 16.2. The molecule has 1 heterocycles. The van der Waals surface area contributed by atoms with Crippen molar-refractivity contribution in [3.05, 3.63) is 16.4 Å². The quantitative estimate of drug-likeness (QED) is 0.901. The number of rotatable bonds is 5. The second kappa shape index (κ2) is 5.94. The van der Waals surface area contributed by atoms with E-state index in [9.17, 15) is 5.26 Å². The molecule has 0 aliphatic rings. The number of aromatic nitrogens is 2. The summed E-state index contributed by atoms with van der Waals surface area (Å²) in [6.45, 7) is 11.9. The standard InChI is InChI=1S/C14H23ClN4/c1-9(2)17-14(6,8-16)7-10(3)19-12(5)13(15)11(4)18-19/h9-10,17H,7H2,1-6H3. The zero-order chi connectivity index (χ0) is 14.8. The molecule has 0 fully saturated rings. The first-order valence-corrected chi connectivity index (χ1v) is 6.98. The average Bonchev–Trinajstić information content (AvgIpc) is 2.56. The molecule has 0 bridgehead atoms. The summed E-state index contributed by atoms with van der Waals surface area (Å²) in [7, 11) is 0. The molecule has 106 valence electrons. The van der Waals surface area contributed by atoms with E-state index < -0.39 is 5.54 Å². The van der Waals surface area contributed by atoms with Gasteiger partial charge in [-0.05, 0) is 41.5 Å². The average molecular weight is 283 g/mol. The van der Waals surface area contributed by atoms with Crippen molar-refractivity contribution >= 4 is 11.6 Å². The summed E-state index contributed by atoms with van der Waals surface area (Å²) < 4.78 is 1.91. The molecule has 1 aromatic rings. The Morgan fingerprint density at radius 3 is 2.37 bits per heavy atom. The van der Waals surface area contributed by atoms with Crippen molar-refractivity contribution in [3.63, 3.8) is 0 Å². The van der Waals surface area contributed by atoms with Crippen molar-refractivity contribution < 1.29 is 0 Å². The number of hydrogen-bond donors (Lipinski definition) is 1. The Balaban J connectivity index is 2.92. The van der Waals surface area contributed by atoms with E-state index in [1.807, 2.05) is 39.3 Å². The maximum Gasteiger partial charge on any atom is 0.106 e. The molecule has 0 aliphatic heterocycles. The first-order valence-electron chi connectivity index (χ1n) is 6.60. The molecule has 0 amide bonds. The van der Waals surface area contributed by atoms with Gasteiger partial charge in [-0.2, -0.15) is 10.4 Å². The van der Waals surface area contributed by atoms with Gasteiger partial charge in [0, 0.05) is 12.5 Å². The van der Waals surface area contributed by atoms with Gasteiger partial charge in [0.2, 0.25) is 0 Å². The van der Waals surface area contributed by atoms with E-state index in [-0.39, 0.29) is 12.1 Å². The molecule has 2 unspecified atom stereocenters. The van der Waals surface area contributed by atoms with Crippen LogP contribution in [0.4, 0.5) is 0 Å². The molecule has 0 aliphatic carbocycles. The summed E-state index contributed by atoms with van der Waals surface area (Å²) >= 11 is 6.17. The molecule has 5 heteroatoms. The van der Waals surface area contributed by atoms with Crippen molar-refractivity contribution in [3.8, 4) is 6.07 Å². The monoisotopic (exact) mass is 282 g/mol. The largest absolute Gasteiger partial charge is 0.297 e. The van der Waals surface area contributed by atoms with Crippen LogP contribution in [0.2, 0.25) is 5.02 Å². The molecule has 0 saturated carbocycles. The fourth-order valence-electron chi connectivity index (χ4n) is 2.52.